The van der Waals surface area contributed by atoms with E-state index in [1.165, 1.54) is 14.2 Å². The van der Waals surface area contributed by atoms with Crippen LogP contribution in [0.25, 0.3) is 0 Å². The van der Waals surface area contributed by atoms with Crippen LogP contribution in [0.1, 0.15) is 17.5 Å². The SMILES string of the molecule is COc1ccc(Cl)cc1C(=S)N(C)CC(=O)CC(=O)CN(C)C(=S)c1cc(Cl)ccc1OC. The van der Waals surface area contributed by atoms with Crippen LogP contribution in [0.2, 0.25) is 10.0 Å². The molecule has 6 nitrogen and oxygen atoms in total. The molecule has 0 radical (unpaired) electrons. The number of methoxy groups -OCH3 is 2. The highest BCUT2D eigenvalue weighted by molar-refractivity contribution is 7.81. The molecule has 10 heteroatoms. The van der Waals surface area contributed by atoms with Crippen molar-refractivity contribution >= 4 is 69.2 Å². The third kappa shape index (κ3) is 7.37. The van der Waals surface area contributed by atoms with E-state index in [-0.39, 0.29) is 31.1 Å². The van der Waals surface area contributed by atoms with Crippen LogP contribution < -0.4 is 9.47 Å². The number of carbonyl (C=O) groups is 2. The topological polar surface area (TPSA) is 59.1 Å². The van der Waals surface area contributed by atoms with Crippen LogP contribution in [-0.4, -0.2) is 72.7 Å². The minimum absolute atomic E-state index is 0.0312. The molecule has 2 rings (SSSR count). The summed E-state index contributed by atoms with van der Waals surface area (Å²) in [6.07, 6.45) is -0.251. The summed E-state index contributed by atoms with van der Waals surface area (Å²) < 4.78 is 10.6. The van der Waals surface area contributed by atoms with E-state index in [4.69, 9.17) is 57.1 Å². The van der Waals surface area contributed by atoms with Gasteiger partial charge in [0.05, 0.1) is 44.9 Å². The number of likely N-dealkylation sites (N-methyl/N-ethyl adjacent to an activating group) is 2. The molecule has 0 spiro atoms. The van der Waals surface area contributed by atoms with E-state index in [0.717, 1.165) is 0 Å². The Kier molecular flexibility index (Phi) is 10.0. The van der Waals surface area contributed by atoms with E-state index >= 15 is 0 Å². The molecule has 0 fully saturated rings. The van der Waals surface area contributed by atoms with E-state index in [0.29, 0.717) is 42.6 Å². The maximum atomic E-state index is 12.5. The quantitative estimate of drug-likeness (QED) is 0.332. The first kappa shape index (κ1) is 27.0. The van der Waals surface area contributed by atoms with Crippen molar-refractivity contribution in [1.29, 1.82) is 0 Å². The number of hydrogen-bond donors (Lipinski definition) is 0. The minimum atomic E-state index is -0.273. The summed E-state index contributed by atoms with van der Waals surface area (Å²) in [6.45, 7) is -0.0625. The van der Waals surface area contributed by atoms with Crippen molar-refractivity contribution in [2.45, 2.75) is 6.42 Å². The average Bonchev–Trinajstić information content (AvgIpc) is 2.77. The molecule has 0 aliphatic heterocycles. The number of carbonyl (C=O) groups excluding carboxylic acids is 2. The van der Waals surface area contributed by atoms with E-state index in [1.807, 2.05) is 0 Å². The van der Waals surface area contributed by atoms with Gasteiger partial charge in [-0.25, -0.2) is 0 Å². The largest absolute Gasteiger partial charge is 0.496 e. The summed E-state index contributed by atoms with van der Waals surface area (Å²) in [6, 6.07) is 10.1. The molecule has 0 saturated heterocycles. The molecule has 0 bridgehead atoms. The predicted molar refractivity (Wildman–Crippen MR) is 139 cm³/mol. The van der Waals surface area contributed by atoms with Crippen LogP contribution >= 0.6 is 47.6 Å². The van der Waals surface area contributed by atoms with Crippen LogP contribution in [0, 0.1) is 0 Å². The van der Waals surface area contributed by atoms with Crippen LogP contribution in [0.5, 0.6) is 11.5 Å². The number of benzene rings is 2. The molecule has 0 aliphatic carbocycles. The van der Waals surface area contributed by atoms with Crippen LogP contribution in [0.4, 0.5) is 0 Å². The van der Waals surface area contributed by atoms with Gasteiger partial charge in [0, 0.05) is 24.1 Å². The van der Waals surface area contributed by atoms with Crippen LogP contribution in [0.3, 0.4) is 0 Å². The van der Waals surface area contributed by atoms with Gasteiger partial charge < -0.3 is 19.3 Å². The van der Waals surface area contributed by atoms with Gasteiger partial charge in [-0.05, 0) is 36.4 Å². The Morgan fingerprint density at radius 2 is 1.15 bits per heavy atom. The van der Waals surface area contributed by atoms with Gasteiger partial charge in [-0.3, -0.25) is 9.59 Å². The monoisotopic (exact) mass is 526 g/mol. The fourth-order valence-electron chi connectivity index (χ4n) is 3.11. The maximum Gasteiger partial charge on any atom is 0.159 e. The van der Waals surface area contributed by atoms with Crippen molar-refractivity contribution in [3.05, 3.63) is 57.6 Å². The zero-order chi connectivity index (χ0) is 24.7. The standard InChI is InChI=1S/C23H24Cl2N2O4S2/c1-26(22(32)18-9-14(24)5-7-20(18)30-3)12-16(28)11-17(29)13-27(2)23(33)19-10-15(25)6-8-21(19)31-4/h5-10H,11-13H2,1-4H3. The van der Waals surface area contributed by atoms with E-state index in [9.17, 15) is 9.59 Å². The Balaban J connectivity index is 1.97. The van der Waals surface area contributed by atoms with E-state index < -0.39 is 0 Å². The smallest absolute Gasteiger partial charge is 0.159 e. The van der Waals surface area contributed by atoms with Gasteiger partial charge in [0.2, 0.25) is 0 Å². The summed E-state index contributed by atoms with van der Waals surface area (Å²) >= 11 is 23.1. The second-order valence-corrected chi connectivity index (χ2v) is 8.91. The van der Waals surface area contributed by atoms with Gasteiger partial charge in [-0.2, -0.15) is 0 Å². The predicted octanol–water partition coefficient (Wildman–Crippen LogP) is 4.45. The van der Waals surface area contributed by atoms with Crippen molar-refractivity contribution in [2.75, 3.05) is 41.4 Å². The highest BCUT2D eigenvalue weighted by Crippen LogP contribution is 2.25. The molecule has 0 aliphatic rings. The molecular weight excluding hydrogens is 503 g/mol. The molecule has 0 heterocycles. The van der Waals surface area contributed by atoms with Crippen LogP contribution in [0.15, 0.2) is 36.4 Å². The maximum absolute atomic E-state index is 12.5. The number of ketones is 2. The van der Waals surface area contributed by atoms with Gasteiger partial charge in [0.1, 0.15) is 21.5 Å². The Morgan fingerprint density at radius 1 is 0.788 bits per heavy atom. The molecule has 0 saturated carbocycles. The third-order valence-electron chi connectivity index (χ3n) is 4.70. The first-order valence-electron chi connectivity index (χ1n) is 9.78. The van der Waals surface area contributed by atoms with Gasteiger partial charge in [-0.1, -0.05) is 47.6 Å². The van der Waals surface area contributed by atoms with Gasteiger partial charge >= 0.3 is 0 Å². The lowest BCUT2D eigenvalue weighted by Gasteiger charge is -2.22. The summed E-state index contributed by atoms with van der Waals surface area (Å²) in [5, 5.41) is 0.997. The van der Waals surface area contributed by atoms with Crippen LogP contribution in [-0.2, 0) is 9.59 Å². The Morgan fingerprint density at radius 3 is 1.48 bits per heavy atom. The number of ether oxygens (including phenoxy) is 2. The van der Waals surface area contributed by atoms with Crippen molar-refractivity contribution < 1.29 is 19.1 Å². The number of hydrogen-bond acceptors (Lipinski definition) is 6. The first-order valence-corrected chi connectivity index (χ1v) is 11.4. The molecule has 2 aromatic carbocycles. The van der Waals surface area contributed by atoms with Gasteiger partial charge in [0.15, 0.2) is 11.6 Å². The minimum Gasteiger partial charge on any atom is -0.496 e. The van der Waals surface area contributed by atoms with E-state index in [1.54, 1.807) is 60.3 Å². The number of rotatable bonds is 10. The van der Waals surface area contributed by atoms with Gasteiger partial charge in [-0.15, -0.1) is 0 Å². The first-order chi connectivity index (χ1) is 15.6. The van der Waals surface area contributed by atoms with Crippen molar-refractivity contribution in [1.82, 2.24) is 9.80 Å². The molecule has 0 aromatic heterocycles. The fraction of sp³-hybridized carbons (Fsp3) is 0.304. The molecule has 0 N–H and O–H groups in total. The lowest BCUT2D eigenvalue weighted by molar-refractivity contribution is -0.127. The Hall–Kier alpha value is -2.26. The fourth-order valence-corrected chi connectivity index (χ4v) is 3.90. The van der Waals surface area contributed by atoms with Crippen molar-refractivity contribution in [2.24, 2.45) is 0 Å². The highest BCUT2D eigenvalue weighted by Gasteiger charge is 2.20. The van der Waals surface area contributed by atoms with Crippen molar-refractivity contribution in [3.8, 4) is 11.5 Å². The third-order valence-corrected chi connectivity index (χ3v) is 6.23. The normalized spacial score (nSPS) is 10.4. The number of thiocarbonyl (C=S) groups is 2. The molecule has 2 aromatic rings. The summed E-state index contributed by atoms with van der Waals surface area (Å²) in [4.78, 5) is 29.0. The number of Topliss-reactive ketones (excluding diaryl/α,β-unsaturated/α-hetero) is 2. The zero-order valence-electron chi connectivity index (χ0n) is 18.7. The highest BCUT2D eigenvalue weighted by atomic mass is 35.5. The molecular formula is C23H24Cl2N2O4S2. The average molecular weight is 527 g/mol. The summed E-state index contributed by atoms with van der Waals surface area (Å²) in [5.41, 5.74) is 1.20. The van der Waals surface area contributed by atoms with Gasteiger partial charge in [0.25, 0.3) is 0 Å². The second kappa shape index (κ2) is 12.3. The molecule has 176 valence electrons. The Bertz CT molecular complexity index is 995. The molecule has 0 amide bonds. The van der Waals surface area contributed by atoms with Crippen molar-refractivity contribution in [3.63, 3.8) is 0 Å². The number of halogens is 2. The number of nitrogens with zero attached hydrogens (tertiary/aromatic N) is 2. The summed E-state index contributed by atoms with van der Waals surface area (Å²) in [7, 11) is 6.41. The summed E-state index contributed by atoms with van der Waals surface area (Å²) in [5.74, 6) is 0.550. The molecule has 0 unspecified atom stereocenters. The Labute approximate surface area is 214 Å². The zero-order valence-corrected chi connectivity index (χ0v) is 21.8. The second-order valence-electron chi connectivity index (χ2n) is 7.27. The molecule has 0 atom stereocenters. The lowest BCUT2D eigenvalue weighted by atomic mass is 10.1. The van der Waals surface area contributed by atoms with E-state index in [2.05, 4.69) is 0 Å². The molecule has 33 heavy (non-hydrogen) atoms. The lowest BCUT2D eigenvalue weighted by Crippen LogP contribution is -2.35.